The molecule has 0 fully saturated rings. The minimum absolute atomic E-state index is 0.0876. The van der Waals surface area contributed by atoms with Crippen molar-refractivity contribution in [2.75, 3.05) is 26.4 Å². The van der Waals surface area contributed by atoms with Crippen LogP contribution in [0.4, 0.5) is 0 Å². The van der Waals surface area contributed by atoms with Gasteiger partial charge in [0.25, 0.3) is 0 Å². The number of hydrogen-bond donors (Lipinski definition) is 2. The minimum atomic E-state index is 0.0876. The van der Waals surface area contributed by atoms with Crippen LogP contribution < -0.4 is 0 Å². The van der Waals surface area contributed by atoms with Crippen molar-refractivity contribution >= 4 is 0 Å². The van der Waals surface area contributed by atoms with Gasteiger partial charge in [-0.05, 0) is 13.8 Å². The molecule has 0 aliphatic carbocycles. The second kappa shape index (κ2) is 17.9. The lowest BCUT2D eigenvalue weighted by Crippen LogP contribution is -1.91. The number of rotatable bonds is 6. The Labute approximate surface area is 85.5 Å². The second-order valence-corrected chi connectivity index (χ2v) is 2.13. The van der Waals surface area contributed by atoms with Crippen LogP contribution in [0.2, 0.25) is 0 Å². The predicted molar refractivity (Wildman–Crippen MR) is 55.7 cm³/mol. The van der Waals surface area contributed by atoms with Crippen LogP contribution in [-0.4, -0.2) is 36.6 Å². The van der Waals surface area contributed by atoms with Gasteiger partial charge in [0, 0.05) is 0 Å². The van der Waals surface area contributed by atoms with Crippen LogP contribution in [0.25, 0.3) is 0 Å². The van der Waals surface area contributed by atoms with E-state index in [4.69, 9.17) is 19.7 Å². The van der Waals surface area contributed by atoms with Gasteiger partial charge in [0.15, 0.2) is 0 Å². The molecular weight excluding hydrogens is 184 g/mol. The van der Waals surface area contributed by atoms with Gasteiger partial charge in [-0.25, -0.2) is 0 Å². The molecule has 0 spiro atoms. The van der Waals surface area contributed by atoms with Crippen LogP contribution >= 0.6 is 0 Å². The van der Waals surface area contributed by atoms with Crippen molar-refractivity contribution in [2.24, 2.45) is 0 Å². The normalized spacial score (nSPS) is 10.0. The van der Waals surface area contributed by atoms with Gasteiger partial charge in [0.1, 0.15) is 13.2 Å². The highest BCUT2D eigenvalue weighted by Gasteiger charge is 1.71. The summed E-state index contributed by atoms with van der Waals surface area (Å²) in [7, 11) is 0. The third kappa shape index (κ3) is 22.4. The van der Waals surface area contributed by atoms with Gasteiger partial charge in [-0.15, -0.1) is 0 Å². The average Bonchev–Trinajstić information content (AvgIpc) is 2.21. The zero-order chi connectivity index (χ0) is 11.1. The Morgan fingerprint density at radius 1 is 0.857 bits per heavy atom. The fourth-order valence-corrected chi connectivity index (χ4v) is 0.434. The SMILES string of the molecule is CC=COCCO.CC=COCCO. The van der Waals surface area contributed by atoms with E-state index in [1.165, 1.54) is 0 Å². The maximum absolute atomic E-state index is 8.13. The standard InChI is InChI=1S/2C5H10O2/c2*1-2-4-7-5-3-6/h2*2,4,6H,3,5H2,1H3. The summed E-state index contributed by atoms with van der Waals surface area (Å²) in [5.74, 6) is 0. The number of hydrogen-bond acceptors (Lipinski definition) is 4. The number of ether oxygens (including phenoxy) is 2. The molecule has 4 nitrogen and oxygen atoms in total. The Hall–Kier alpha value is -1.00. The van der Waals surface area contributed by atoms with Gasteiger partial charge >= 0.3 is 0 Å². The quantitative estimate of drug-likeness (QED) is 0.501. The molecule has 0 aliphatic rings. The third-order valence-electron chi connectivity index (χ3n) is 0.883. The maximum Gasteiger partial charge on any atom is 0.110 e. The Morgan fingerprint density at radius 3 is 1.43 bits per heavy atom. The van der Waals surface area contributed by atoms with Crippen LogP contribution in [0.3, 0.4) is 0 Å². The molecule has 0 aliphatic heterocycles. The summed E-state index contributed by atoms with van der Waals surface area (Å²) in [5, 5.41) is 16.3. The van der Waals surface area contributed by atoms with E-state index in [2.05, 4.69) is 0 Å². The summed E-state index contributed by atoms with van der Waals surface area (Å²) in [5.41, 5.74) is 0. The molecule has 2 N–H and O–H groups in total. The molecule has 14 heavy (non-hydrogen) atoms. The van der Waals surface area contributed by atoms with Crippen molar-refractivity contribution in [2.45, 2.75) is 13.8 Å². The van der Waals surface area contributed by atoms with Gasteiger partial charge in [-0.3, -0.25) is 0 Å². The second-order valence-electron chi connectivity index (χ2n) is 2.13. The summed E-state index contributed by atoms with van der Waals surface area (Å²) in [6.45, 7) is 4.68. The molecule has 0 bridgehead atoms. The Kier molecular flexibility index (Phi) is 19.8. The monoisotopic (exact) mass is 204 g/mol. The van der Waals surface area contributed by atoms with E-state index in [1.807, 2.05) is 13.8 Å². The minimum Gasteiger partial charge on any atom is -0.499 e. The summed E-state index contributed by atoms with van der Waals surface area (Å²) in [6, 6.07) is 0. The van der Waals surface area contributed by atoms with Crippen molar-refractivity contribution in [3.8, 4) is 0 Å². The molecule has 0 heterocycles. The highest BCUT2D eigenvalue weighted by Crippen LogP contribution is 1.73. The summed E-state index contributed by atoms with van der Waals surface area (Å²) in [6.07, 6.45) is 6.65. The fraction of sp³-hybridized carbons (Fsp3) is 0.600. The number of allylic oxidation sites excluding steroid dienone is 2. The molecule has 0 aromatic carbocycles. The molecule has 0 aromatic rings. The molecule has 0 aromatic heterocycles. The zero-order valence-corrected chi connectivity index (χ0v) is 8.85. The van der Waals surface area contributed by atoms with Crippen molar-refractivity contribution in [1.29, 1.82) is 0 Å². The van der Waals surface area contributed by atoms with E-state index >= 15 is 0 Å². The molecular formula is C10H20O4. The third-order valence-corrected chi connectivity index (χ3v) is 0.883. The molecule has 0 unspecified atom stereocenters. The van der Waals surface area contributed by atoms with Gasteiger partial charge < -0.3 is 19.7 Å². The van der Waals surface area contributed by atoms with Gasteiger partial charge in [0.05, 0.1) is 25.7 Å². The first-order valence-electron chi connectivity index (χ1n) is 4.50. The smallest absolute Gasteiger partial charge is 0.110 e. The molecule has 0 radical (unpaired) electrons. The summed E-state index contributed by atoms with van der Waals surface area (Å²) in [4.78, 5) is 0. The maximum atomic E-state index is 8.13. The lowest BCUT2D eigenvalue weighted by molar-refractivity contribution is 0.166. The van der Waals surface area contributed by atoms with E-state index in [0.29, 0.717) is 13.2 Å². The van der Waals surface area contributed by atoms with Crippen molar-refractivity contribution in [3.63, 3.8) is 0 Å². The van der Waals surface area contributed by atoms with E-state index in [1.54, 1.807) is 24.7 Å². The van der Waals surface area contributed by atoms with Crippen molar-refractivity contribution < 1.29 is 19.7 Å². The topological polar surface area (TPSA) is 58.9 Å². The highest BCUT2D eigenvalue weighted by atomic mass is 16.5. The molecule has 0 saturated carbocycles. The first kappa shape index (κ1) is 15.5. The van der Waals surface area contributed by atoms with Crippen LogP contribution in [0.15, 0.2) is 24.7 Å². The Morgan fingerprint density at radius 2 is 1.21 bits per heavy atom. The summed E-state index contributed by atoms with van der Waals surface area (Å²) < 4.78 is 9.40. The molecule has 0 atom stereocenters. The van der Waals surface area contributed by atoms with E-state index in [0.717, 1.165) is 0 Å². The Bertz CT molecular complexity index is 116. The van der Waals surface area contributed by atoms with Gasteiger partial charge in [-0.1, -0.05) is 12.2 Å². The molecule has 0 saturated heterocycles. The van der Waals surface area contributed by atoms with Crippen molar-refractivity contribution in [3.05, 3.63) is 24.7 Å². The lowest BCUT2D eigenvalue weighted by atomic mass is 10.7. The van der Waals surface area contributed by atoms with E-state index in [-0.39, 0.29) is 13.2 Å². The number of aliphatic hydroxyl groups excluding tert-OH is 2. The van der Waals surface area contributed by atoms with Crippen LogP contribution in [0.5, 0.6) is 0 Å². The lowest BCUT2D eigenvalue weighted by Gasteiger charge is -1.91. The largest absolute Gasteiger partial charge is 0.499 e. The first-order chi connectivity index (χ1) is 6.83. The Balaban J connectivity index is 0. The molecule has 0 rings (SSSR count). The van der Waals surface area contributed by atoms with E-state index in [9.17, 15) is 0 Å². The van der Waals surface area contributed by atoms with Crippen LogP contribution in [0.1, 0.15) is 13.8 Å². The van der Waals surface area contributed by atoms with Gasteiger partial charge in [-0.2, -0.15) is 0 Å². The van der Waals surface area contributed by atoms with Crippen LogP contribution in [-0.2, 0) is 9.47 Å². The zero-order valence-electron chi connectivity index (χ0n) is 8.85. The highest BCUT2D eigenvalue weighted by molar-refractivity contribution is 4.64. The molecule has 4 heteroatoms. The fourth-order valence-electron chi connectivity index (χ4n) is 0.434. The van der Waals surface area contributed by atoms with Crippen LogP contribution in [0, 0.1) is 0 Å². The average molecular weight is 204 g/mol. The van der Waals surface area contributed by atoms with Gasteiger partial charge in [0.2, 0.25) is 0 Å². The summed E-state index contributed by atoms with van der Waals surface area (Å²) >= 11 is 0. The van der Waals surface area contributed by atoms with Crippen molar-refractivity contribution in [1.82, 2.24) is 0 Å². The molecule has 84 valence electrons. The molecule has 0 amide bonds. The number of aliphatic hydroxyl groups is 2. The first-order valence-corrected chi connectivity index (χ1v) is 4.50. The predicted octanol–water partition coefficient (Wildman–Crippen LogP) is 1.06. The van der Waals surface area contributed by atoms with E-state index < -0.39 is 0 Å².